The standard InChI is InChI=1S/C13H18F2N2.ClH/c14-13(15)10-12(11-4-2-1-3-5-11)17-8-6-16-7-9-17;/h1-5,12-13,16H,6-10H2;1H/t12-;/m1./s1. The average molecular weight is 277 g/mol. The Hall–Kier alpha value is -0.710. The summed E-state index contributed by atoms with van der Waals surface area (Å²) in [6.07, 6.45) is -2.33. The molecule has 1 aromatic rings. The Kier molecular flexibility index (Phi) is 6.54. The molecular weight excluding hydrogens is 258 g/mol. The van der Waals surface area contributed by atoms with Crippen molar-refractivity contribution in [3.8, 4) is 0 Å². The maximum Gasteiger partial charge on any atom is 0.240 e. The Morgan fingerprint density at radius 2 is 1.72 bits per heavy atom. The first-order valence-electron chi connectivity index (χ1n) is 6.05. The zero-order chi connectivity index (χ0) is 12.1. The second-order valence-corrected chi connectivity index (χ2v) is 4.34. The quantitative estimate of drug-likeness (QED) is 0.910. The lowest BCUT2D eigenvalue weighted by molar-refractivity contribution is 0.0739. The van der Waals surface area contributed by atoms with E-state index in [2.05, 4.69) is 10.2 Å². The van der Waals surface area contributed by atoms with E-state index >= 15 is 0 Å². The minimum atomic E-state index is -2.25. The molecule has 0 saturated carbocycles. The Morgan fingerprint density at radius 1 is 1.11 bits per heavy atom. The molecule has 0 aliphatic carbocycles. The van der Waals surface area contributed by atoms with Gasteiger partial charge in [0.1, 0.15) is 0 Å². The van der Waals surface area contributed by atoms with Crippen molar-refractivity contribution in [3.63, 3.8) is 0 Å². The molecule has 1 heterocycles. The van der Waals surface area contributed by atoms with E-state index in [4.69, 9.17) is 0 Å². The Balaban J connectivity index is 0.00000162. The fourth-order valence-electron chi connectivity index (χ4n) is 2.33. The molecule has 0 aromatic heterocycles. The molecule has 2 rings (SSSR count). The van der Waals surface area contributed by atoms with Crippen molar-refractivity contribution >= 4 is 12.4 Å². The van der Waals surface area contributed by atoms with Crippen molar-refractivity contribution in [1.82, 2.24) is 10.2 Å². The summed E-state index contributed by atoms with van der Waals surface area (Å²) in [6, 6.07) is 9.47. The van der Waals surface area contributed by atoms with Gasteiger partial charge < -0.3 is 5.32 Å². The first kappa shape index (κ1) is 15.3. The van der Waals surface area contributed by atoms with Gasteiger partial charge in [0, 0.05) is 38.6 Å². The predicted molar refractivity (Wildman–Crippen MR) is 71.5 cm³/mol. The van der Waals surface area contributed by atoms with Crippen LogP contribution in [0.1, 0.15) is 18.0 Å². The summed E-state index contributed by atoms with van der Waals surface area (Å²) < 4.78 is 25.4. The highest BCUT2D eigenvalue weighted by Crippen LogP contribution is 2.27. The van der Waals surface area contributed by atoms with Gasteiger partial charge in [-0.1, -0.05) is 30.3 Å². The van der Waals surface area contributed by atoms with Gasteiger partial charge in [0.2, 0.25) is 6.43 Å². The lowest BCUT2D eigenvalue weighted by Gasteiger charge is -2.35. The van der Waals surface area contributed by atoms with Gasteiger partial charge in [-0.2, -0.15) is 0 Å². The number of nitrogens with zero attached hydrogens (tertiary/aromatic N) is 1. The number of piperazine rings is 1. The van der Waals surface area contributed by atoms with Crippen LogP contribution in [0.25, 0.3) is 0 Å². The average Bonchev–Trinajstić information content (AvgIpc) is 2.38. The van der Waals surface area contributed by atoms with Gasteiger partial charge in [-0.15, -0.1) is 12.4 Å². The van der Waals surface area contributed by atoms with Crippen molar-refractivity contribution in [2.45, 2.75) is 18.9 Å². The summed E-state index contributed by atoms with van der Waals surface area (Å²) >= 11 is 0. The zero-order valence-corrected chi connectivity index (χ0v) is 11.0. The lowest BCUT2D eigenvalue weighted by Crippen LogP contribution is -2.45. The number of alkyl halides is 2. The number of nitrogens with one attached hydrogen (secondary N) is 1. The molecule has 1 fully saturated rings. The minimum absolute atomic E-state index is 0. The molecule has 1 aliphatic rings. The van der Waals surface area contributed by atoms with Gasteiger partial charge in [-0.05, 0) is 5.56 Å². The van der Waals surface area contributed by atoms with Crippen molar-refractivity contribution < 1.29 is 8.78 Å². The van der Waals surface area contributed by atoms with Gasteiger partial charge in [0.05, 0.1) is 0 Å². The molecule has 5 heteroatoms. The summed E-state index contributed by atoms with van der Waals surface area (Å²) in [5, 5.41) is 3.25. The molecule has 0 unspecified atom stereocenters. The van der Waals surface area contributed by atoms with E-state index in [9.17, 15) is 8.78 Å². The molecule has 1 N–H and O–H groups in total. The van der Waals surface area contributed by atoms with Crippen LogP contribution in [0.5, 0.6) is 0 Å². The van der Waals surface area contributed by atoms with Gasteiger partial charge in [-0.25, -0.2) is 8.78 Å². The molecule has 102 valence electrons. The number of rotatable bonds is 4. The van der Waals surface area contributed by atoms with Crippen LogP contribution in [-0.2, 0) is 0 Å². The number of benzene rings is 1. The molecule has 18 heavy (non-hydrogen) atoms. The van der Waals surface area contributed by atoms with E-state index in [1.165, 1.54) is 0 Å². The Morgan fingerprint density at radius 3 is 2.28 bits per heavy atom. The van der Waals surface area contributed by atoms with E-state index < -0.39 is 6.43 Å². The van der Waals surface area contributed by atoms with E-state index in [1.54, 1.807) is 0 Å². The number of halogens is 3. The number of hydrogen-bond donors (Lipinski definition) is 1. The van der Waals surface area contributed by atoms with Crippen LogP contribution in [0.4, 0.5) is 8.78 Å². The minimum Gasteiger partial charge on any atom is -0.314 e. The Labute approximate surface area is 113 Å². The van der Waals surface area contributed by atoms with Gasteiger partial charge in [-0.3, -0.25) is 4.90 Å². The van der Waals surface area contributed by atoms with Crippen LogP contribution >= 0.6 is 12.4 Å². The summed E-state index contributed by atoms with van der Waals surface area (Å²) in [4.78, 5) is 2.15. The van der Waals surface area contributed by atoms with Crippen molar-refractivity contribution in [3.05, 3.63) is 35.9 Å². The van der Waals surface area contributed by atoms with Gasteiger partial charge in [0.15, 0.2) is 0 Å². The maximum atomic E-state index is 12.7. The van der Waals surface area contributed by atoms with Crippen LogP contribution in [0.3, 0.4) is 0 Å². The van der Waals surface area contributed by atoms with Crippen LogP contribution in [0, 0.1) is 0 Å². The monoisotopic (exact) mass is 276 g/mol. The summed E-state index contributed by atoms with van der Waals surface area (Å²) in [5.74, 6) is 0. The normalized spacial score (nSPS) is 18.4. The van der Waals surface area contributed by atoms with Crippen molar-refractivity contribution in [2.24, 2.45) is 0 Å². The molecule has 0 amide bonds. The van der Waals surface area contributed by atoms with Crippen molar-refractivity contribution in [1.29, 1.82) is 0 Å². The lowest BCUT2D eigenvalue weighted by atomic mass is 10.0. The topological polar surface area (TPSA) is 15.3 Å². The fourth-order valence-corrected chi connectivity index (χ4v) is 2.33. The fraction of sp³-hybridized carbons (Fsp3) is 0.538. The SMILES string of the molecule is Cl.FC(F)C[C@H](c1ccccc1)N1CCNCC1. The maximum absolute atomic E-state index is 12.7. The molecule has 0 spiro atoms. The summed E-state index contributed by atoms with van der Waals surface area (Å²) in [7, 11) is 0. The third-order valence-electron chi connectivity index (χ3n) is 3.18. The molecule has 1 atom stereocenters. The highest BCUT2D eigenvalue weighted by atomic mass is 35.5. The summed E-state index contributed by atoms with van der Waals surface area (Å²) in [6.45, 7) is 3.44. The third-order valence-corrected chi connectivity index (χ3v) is 3.18. The Bertz CT molecular complexity index is 329. The zero-order valence-electron chi connectivity index (χ0n) is 10.2. The first-order valence-corrected chi connectivity index (χ1v) is 6.05. The third kappa shape index (κ3) is 4.19. The number of hydrogen-bond acceptors (Lipinski definition) is 2. The molecule has 0 bridgehead atoms. The second-order valence-electron chi connectivity index (χ2n) is 4.34. The van der Waals surface area contributed by atoms with Crippen LogP contribution in [0.15, 0.2) is 30.3 Å². The molecule has 1 aliphatic heterocycles. The molecule has 1 saturated heterocycles. The second kappa shape index (κ2) is 7.67. The summed E-state index contributed by atoms with van der Waals surface area (Å²) in [5.41, 5.74) is 0.995. The first-order chi connectivity index (χ1) is 8.27. The van der Waals surface area contributed by atoms with Crippen LogP contribution in [0.2, 0.25) is 0 Å². The largest absolute Gasteiger partial charge is 0.314 e. The smallest absolute Gasteiger partial charge is 0.240 e. The predicted octanol–water partition coefficient (Wildman–Crippen LogP) is 2.71. The molecule has 2 nitrogen and oxygen atoms in total. The van der Waals surface area contributed by atoms with Crippen LogP contribution < -0.4 is 5.32 Å². The molecule has 0 radical (unpaired) electrons. The van der Waals surface area contributed by atoms with Crippen LogP contribution in [-0.4, -0.2) is 37.5 Å². The van der Waals surface area contributed by atoms with E-state index in [0.717, 1.165) is 31.7 Å². The van der Waals surface area contributed by atoms with Crippen molar-refractivity contribution in [2.75, 3.05) is 26.2 Å². The van der Waals surface area contributed by atoms with E-state index in [0.29, 0.717) is 0 Å². The molecular formula is C13H19ClF2N2. The molecule has 1 aromatic carbocycles. The highest BCUT2D eigenvalue weighted by molar-refractivity contribution is 5.85. The highest BCUT2D eigenvalue weighted by Gasteiger charge is 2.24. The van der Waals surface area contributed by atoms with Gasteiger partial charge >= 0.3 is 0 Å². The van der Waals surface area contributed by atoms with E-state index in [1.807, 2.05) is 30.3 Å². The van der Waals surface area contributed by atoms with Gasteiger partial charge in [0.25, 0.3) is 0 Å². The van der Waals surface area contributed by atoms with E-state index in [-0.39, 0.29) is 24.9 Å².